The van der Waals surface area contributed by atoms with Crippen molar-refractivity contribution in [1.82, 2.24) is 9.88 Å². The average Bonchev–Trinajstić information content (AvgIpc) is 3.83. The summed E-state index contributed by atoms with van der Waals surface area (Å²) in [7, 11) is 0. The predicted molar refractivity (Wildman–Crippen MR) is 158 cm³/mol. The van der Waals surface area contributed by atoms with E-state index in [-0.39, 0.29) is 12.0 Å². The summed E-state index contributed by atoms with van der Waals surface area (Å²) in [6.45, 7) is 4.32. The van der Waals surface area contributed by atoms with Gasteiger partial charge in [-0.2, -0.15) is 0 Å². The number of piperazine rings is 1. The third-order valence-corrected chi connectivity index (χ3v) is 8.63. The SMILES string of the molecule is Nc1cc(-c2cccc(CN(C(=O)C3CC3)C3CCC(N)CC3)c2)ccc1N1CCN(c2ccccn2)CC1. The monoisotopic (exact) mass is 524 g/mol. The summed E-state index contributed by atoms with van der Waals surface area (Å²) in [5.74, 6) is 1.59. The molecule has 1 amide bonds. The smallest absolute Gasteiger partial charge is 0.226 e. The van der Waals surface area contributed by atoms with E-state index in [9.17, 15) is 4.79 Å². The van der Waals surface area contributed by atoms with Gasteiger partial charge in [-0.15, -0.1) is 0 Å². The van der Waals surface area contributed by atoms with Gasteiger partial charge in [0.2, 0.25) is 5.91 Å². The first kappa shape index (κ1) is 25.7. The third kappa shape index (κ3) is 5.88. The van der Waals surface area contributed by atoms with E-state index < -0.39 is 0 Å². The van der Waals surface area contributed by atoms with Crippen LogP contribution >= 0.6 is 0 Å². The molecule has 0 unspecified atom stereocenters. The van der Waals surface area contributed by atoms with Crippen molar-refractivity contribution >= 4 is 23.1 Å². The molecular weight excluding hydrogens is 484 g/mol. The number of carbonyl (C=O) groups is 1. The maximum atomic E-state index is 13.2. The lowest BCUT2D eigenvalue weighted by Crippen LogP contribution is -2.47. The number of carbonyl (C=O) groups excluding carboxylic acids is 1. The molecule has 7 nitrogen and oxygen atoms in total. The molecule has 4 N–H and O–H groups in total. The Morgan fingerprint density at radius 1 is 0.846 bits per heavy atom. The third-order valence-electron chi connectivity index (χ3n) is 8.63. The second kappa shape index (κ2) is 11.3. The summed E-state index contributed by atoms with van der Waals surface area (Å²) in [6, 6.07) is 21.7. The van der Waals surface area contributed by atoms with Crippen molar-refractivity contribution in [2.75, 3.05) is 41.7 Å². The molecule has 0 atom stereocenters. The second-order valence-electron chi connectivity index (χ2n) is 11.4. The Kier molecular flexibility index (Phi) is 7.42. The van der Waals surface area contributed by atoms with E-state index >= 15 is 0 Å². The number of nitrogen functional groups attached to an aromatic ring is 1. The minimum Gasteiger partial charge on any atom is -0.397 e. The molecule has 2 aliphatic carbocycles. The summed E-state index contributed by atoms with van der Waals surface area (Å²) < 4.78 is 0. The number of nitrogens with two attached hydrogens (primary N) is 2. The zero-order valence-electron chi connectivity index (χ0n) is 22.7. The van der Waals surface area contributed by atoms with E-state index in [1.54, 1.807) is 0 Å². The highest BCUT2D eigenvalue weighted by Crippen LogP contribution is 2.35. The minimum absolute atomic E-state index is 0.224. The number of hydrogen-bond acceptors (Lipinski definition) is 6. The van der Waals surface area contributed by atoms with Crippen molar-refractivity contribution in [2.45, 2.75) is 57.2 Å². The number of nitrogens with zero attached hydrogens (tertiary/aromatic N) is 4. The molecule has 7 heteroatoms. The highest BCUT2D eigenvalue weighted by molar-refractivity contribution is 5.81. The van der Waals surface area contributed by atoms with Crippen LogP contribution in [0.2, 0.25) is 0 Å². The summed E-state index contributed by atoms with van der Waals surface area (Å²) in [5, 5.41) is 0. The second-order valence-corrected chi connectivity index (χ2v) is 11.4. The van der Waals surface area contributed by atoms with Gasteiger partial charge in [0, 0.05) is 56.9 Å². The molecule has 0 bridgehead atoms. The largest absolute Gasteiger partial charge is 0.397 e. The van der Waals surface area contributed by atoms with Gasteiger partial charge in [-0.05, 0) is 85.5 Å². The summed E-state index contributed by atoms with van der Waals surface area (Å²) >= 11 is 0. The van der Waals surface area contributed by atoms with Crippen LogP contribution in [0.25, 0.3) is 11.1 Å². The molecule has 3 aromatic rings. The Balaban J connectivity index is 1.15. The number of rotatable bonds is 7. The van der Waals surface area contributed by atoms with Crippen LogP contribution in [0, 0.1) is 5.92 Å². The predicted octanol–water partition coefficient (Wildman–Crippen LogP) is 4.67. The first-order valence-electron chi connectivity index (χ1n) is 14.5. The molecule has 3 fully saturated rings. The Morgan fingerprint density at radius 3 is 2.28 bits per heavy atom. The maximum absolute atomic E-state index is 13.2. The molecule has 1 saturated heterocycles. The fraction of sp³-hybridized carbons (Fsp3) is 0.438. The standard InChI is InChI=1S/C32H40N6O/c33-27-10-12-28(13-11-27)38(32(39)24-7-8-24)22-23-4-3-5-25(20-23)26-9-14-30(29(34)21-26)36-16-18-37(19-17-36)31-6-1-2-15-35-31/h1-6,9,14-15,20-21,24,27-28H,7-8,10-13,16-19,22,33-34H2. The number of amides is 1. The summed E-state index contributed by atoms with van der Waals surface area (Å²) in [6.07, 6.45) is 7.94. The molecule has 0 radical (unpaired) electrons. The topological polar surface area (TPSA) is 91.7 Å². The fourth-order valence-electron chi connectivity index (χ4n) is 6.15. The van der Waals surface area contributed by atoms with Crippen LogP contribution < -0.4 is 21.3 Å². The Hall–Kier alpha value is -3.58. The van der Waals surface area contributed by atoms with Crippen molar-refractivity contribution < 1.29 is 4.79 Å². The number of benzene rings is 2. The average molecular weight is 525 g/mol. The summed E-state index contributed by atoms with van der Waals surface area (Å²) in [5.41, 5.74) is 18.1. The number of aromatic nitrogens is 1. The quantitative estimate of drug-likeness (QED) is 0.437. The van der Waals surface area contributed by atoms with E-state index in [2.05, 4.69) is 68.2 Å². The van der Waals surface area contributed by atoms with Gasteiger partial charge in [0.15, 0.2) is 0 Å². The van der Waals surface area contributed by atoms with E-state index in [4.69, 9.17) is 11.5 Å². The lowest BCUT2D eigenvalue weighted by molar-refractivity contribution is -0.136. The Morgan fingerprint density at radius 2 is 1.59 bits per heavy atom. The number of anilines is 3. The molecule has 3 aliphatic rings. The van der Waals surface area contributed by atoms with Crippen molar-refractivity contribution in [2.24, 2.45) is 11.7 Å². The highest BCUT2D eigenvalue weighted by Gasteiger charge is 2.37. The van der Waals surface area contributed by atoms with Gasteiger partial charge in [-0.25, -0.2) is 4.98 Å². The fourth-order valence-corrected chi connectivity index (χ4v) is 6.15. The molecule has 204 valence electrons. The first-order chi connectivity index (χ1) is 19.0. The van der Waals surface area contributed by atoms with Gasteiger partial charge in [0.25, 0.3) is 0 Å². The molecule has 1 aromatic heterocycles. The number of pyridine rings is 1. The van der Waals surface area contributed by atoms with Gasteiger partial charge in [0.1, 0.15) is 5.82 Å². The van der Waals surface area contributed by atoms with E-state index in [1.165, 1.54) is 5.56 Å². The van der Waals surface area contributed by atoms with Crippen molar-refractivity contribution in [1.29, 1.82) is 0 Å². The van der Waals surface area contributed by atoms with Gasteiger partial charge in [-0.3, -0.25) is 4.79 Å². The van der Waals surface area contributed by atoms with Crippen molar-refractivity contribution in [3.05, 3.63) is 72.4 Å². The molecule has 2 heterocycles. The molecule has 6 rings (SSSR count). The Bertz CT molecular complexity index is 1280. The van der Waals surface area contributed by atoms with E-state index in [1.807, 2.05) is 18.3 Å². The molecule has 2 aromatic carbocycles. The van der Waals surface area contributed by atoms with E-state index in [0.717, 1.165) is 93.0 Å². The van der Waals surface area contributed by atoms with Crippen LogP contribution in [-0.4, -0.2) is 54.1 Å². The van der Waals surface area contributed by atoms with Gasteiger partial charge >= 0.3 is 0 Å². The van der Waals surface area contributed by atoms with Crippen LogP contribution in [0.15, 0.2) is 66.9 Å². The van der Waals surface area contributed by atoms with Crippen molar-refractivity contribution in [3.63, 3.8) is 0 Å². The highest BCUT2D eigenvalue weighted by atomic mass is 16.2. The maximum Gasteiger partial charge on any atom is 0.226 e. The van der Waals surface area contributed by atoms with Gasteiger partial charge in [0.05, 0.1) is 11.4 Å². The molecule has 39 heavy (non-hydrogen) atoms. The van der Waals surface area contributed by atoms with Crippen LogP contribution in [0.1, 0.15) is 44.1 Å². The van der Waals surface area contributed by atoms with Crippen LogP contribution in [0.5, 0.6) is 0 Å². The summed E-state index contributed by atoms with van der Waals surface area (Å²) in [4.78, 5) is 24.6. The first-order valence-corrected chi connectivity index (χ1v) is 14.5. The van der Waals surface area contributed by atoms with Crippen LogP contribution in [0.3, 0.4) is 0 Å². The molecule has 1 aliphatic heterocycles. The lowest BCUT2D eigenvalue weighted by atomic mass is 9.90. The van der Waals surface area contributed by atoms with Gasteiger partial charge in [-0.1, -0.05) is 30.3 Å². The molecular formula is C32H40N6O. The minimum atomic E-state index is 0.224. The number of hydrogen-bond donors (Lipinski definition) is 2. The van der Waals surface area contributed by atoms with Crippen molar-refractivity contribution in [3.8, 4) is 11.1 Å². The normalized spacial score (nSPS) is 21.6. The van der Waals surface area contributed by atoms with Crippen LogP contribution in [-0.2, 0) is 11.3 Å². The molecule has 2 saturated carbocycles. The molecule has 0 spiro atoms. The zero-order chi connectivity index (χ0) is 26.8. The van der Waals surface area contributed by atoms with Crippen LogP contribution in [0.4, 0.5) is 17.2 Å². The Labute approximate surface area is 231 Å². The van der Waals surface area contributed by atoms with Gasteiger partial charge < -0.3 is 26.2 Å². The van der Waals surface area contributed by atoms with E-state index in [0.29, 0.717) is 18.5 Å². The lowest BCUT2D eigenvalue weighted by Gasteiger charge is -2.37. The zero-order valence-corrected chi connectivity index (χ0v) is 22.7.